The zero-order chi connectivity index (χ0) is 34.0. The Balaban J connectivity index is 1.37. The Morgan fingerprint density at radius 2 is 1.65 bits per heavy atom. The van der Waals surface area contributed by atoms with Gasteiger partial charge in [-0.1, -0.05) is 54.4 Å². The molecule has 258 valence electrons. The molecule has 5 N–H and O–H groups in total. The first-order chi connectivity index (χ1) is 21.5. The van der Waals surface area contributed by atoms with Gasteiger partial charge in [0.1, 0.15) is 6.04 Å². The molecule has 7 amide bonds. The summed E-state index contributed by atoms with van der Waals surface area (Å²) in [5, 5.41) is 21.9. The zero-order valence-corrected chi connectivity index (χ0v) is 28.3. The Labute approximate surface area is 272 Å². The molecular formula is C33H54N6O7. The molecule has 0 aromatic carbocycles. The number of hydrogen-bond donors (Lipinski definition) is 5. The van der Waals surface area contributed by atoms with Crippen LogP contribution in [0.1, 0.15) is 99.3 Å². The van der Waals surface area contributed by atoms with E-state index in [1.165, 1.54) is 9.80 Å². The van der Waals surface area contributed by atoms with E-state index >= 15 is 0 Å². The van der Waals surface area contributed by atoms with Gasteiger partial charge in [0.05, 0.1) is 18.6 Å². The number of amides is 7. The molecule has 2 aliphatic heterocycles. The van der Waals surface area contributed by atoms with Gasteiger partial charge in [-0.3, -0.25) is 28.9 Å². The highest BCUT2D eigenvalue weighted by Gasteiger charge is 2.50. The minimum Gasteiger partial charge on any atom is -0.381 e. The lowest BCUT2D eigenvalue weighted by atomic mass is 9.80. The summed E-state index contributed by atoms with van der Waals surface area (Å²) in [5.41, 5.74) is -0.906. The number of aliphatic hydroxyl groups excluding tert-OH is 1. The minimum atomic E-state index is -1.39. The molecule has 0 spiro atoms. The van der Waals surface area contributed by atoms with Gasteiger partial charge < -0.3 is 31.3 Å². The van der Waals surface area contributed by atoms with E-state index in [1.807, 2.05) is 41.5 Å². The van der Waals surface area contributed by atoms with Gasteiger partial charge in [0, 0.05) is 32.0 Å². The molecule has 0 aromatic heterocycles. The van der Waals surface area contributed by atoms with Crippen molar-refractivity contribution in [2.24, 2.45) is 22.7 Å². The van der Waals surface area contributed by atoms with Crippen LogP contribution in [0.15, 0.2) is 0 Å². The van der Waals surface area contributed by atoms with E-state index in [0.717, 1.165) is 32.1 Å². The van der Waals surface area contributed by atoms with Crippen LogP contribution in [0.4, 0.5) is 4.79 Å². The maximum atomic E-state index is 13.7. The van der Waals surface area contributed by atoms with Crippen LogP contribution in [0.25, 0.3) is 0 Å². The van der Waals surface area contributed by atoms with Gasteiger partial charge in [0.25, 0.3) is 5.91 Å². The second-order valence-corrected chi connectivity index (χ2v) is 15.6. The predicted octanol–water partition coefficient (Wildman–Crippen LogP) is 1.43. The number of likely N-dealkylation sites (tertiary alicyclic amines) is 2. The van der Waals surface area contributed by atoms with Crippen molar-refractivity contribution < 1.29 is 33.9 Å². The number of carbonyl (C=O) groups is 6. The Morgan fingerprint density at radius 3 is 2.24 bits per heavy atom. The molecule has 2 saturated heterocycles. The largest absolute Gasteiger partial charge is 0.381 e. The van der Waals surface area contributed by atoms with Gasteiger partial charge >= 0.3 is 6.03 Å². The van der Waals surface area contributed by atoms with E-state index in [2.05, 4.69) is 21.3 Å². The minimum absolute atomic E-state index is 0.0276. The van der Waals surface area contributed by atoms with Crippen LogP contribution < -0.4 is 21.3 Å². The summed E-state index contributed by atoms with van der Waals surface area (Å²) < 4.78 is 0. The number of fused-ring (bicyclic) bond motifs is 1. The highest BCUT2D eigenvalue weighted by atomic mass is 16.3. The van der Waals surface area contributed by atoms with Crippen molar-refractivity contribution in [3.8, 4) is 0 Å². The fourth-order valence-electron chi connectivity index (χ4n) is 7.08. The van der Waals surface area contributed by atoms with Crippen LogP contribution in [-0.2, 0) is 24.0 Å². The molecule has 2 aliphatic carbocycles. The van der Waals surface area contributed by atoms with Crippen molar-refractivity contribution in [2.75, 3.05) is 19.6 Å². The topological polar surface area (TPSA) is 177 Å². The van der Waals surface area contributed by atoms with Crippen LogP contribution in [0.3, 0.4) is 0 Å². The van der Waals surface area contributed by atoms with Gasteiger partial charge in [0.15, 0.2) is 6.10 Å². The lowest BCUT2D eigenvalue weighted by Crippen LogP contribution is -2.58. The predicted molar refractivity (Wildman–Crippen MR) is 170 cm³/mol. The summed E-state index contributed by atoms with van der Waals surface area (Å²) in [6.45, 7) is 11.5. The molecule has 0 aromatic rings. The van der Waals surface area contributed by atoms with E-state index in [9.17, 15) is 33.9 Å². The first-order valence-corrected chi connectivity index (χ1v) is 17.0. The Hall–Kier alpha value is -3.22. The van der Waals surface area contributed by atoms with Crippen molar-refractivity contribution in [3.05, 3.63) is 0 Å². The lowest BCUT2D eigenvalue weighted by molar-refractivity contribution is -0.153. The maximum Gasteiger partial charge on any atom is 0.315 e. The van der Waals surface area contributed by atoms with Gasteiger partial charge in [0.2, 0.25) is 23.6 Å². The number of imide groups is 1. The lowest BCUT2D eigenvalue weighted by Gasteiger charge is -2.39. The average molecular weight is 647 g/mol. The molecule has 46 heavy (non-hydrogen) atoms. The Bertz CT molecular complexity index is 1180. The zero-order valence-electron chi connectivity index (χ0n) is 28.3. The quantitative estimate of drug-likeness (QED) is 0.199. The number of nitrogens with zero attached hydrogens (tertiary/aromatic N) is 2. The average Bonchev–Trinajstić information content (AvgIpc) is 3.51. The number of piperidine rings is 1. The third kappa shape index (κ3) is 8.77. The third-order valence-corrected chi connectivity index (χ3v) is 9.96. The molecule has 4 fully saturated rings. The summed E-state index contributed by atoms with van der Waals surface area (Å²) in [6.07, 6.45) is 4.56. The van der Waals surface area contributed by atoms with Gasteiger partial charge in [-0.15, -0.1) is 0 Å². The number of carbonyl (C=O) groups excluding carboxylic acids is 6. The molecule has 0 bridgehead atoms. The molecule has 0 radical (unpaired) electrons. The van der Waals surface area contributed by atoms with E-state index in [1.54, 1.807) is 0 Å². The summed E-state index contributed by atoms with van der Waals surface area (Å²) in [7, 11) is 0. The summed E-state index contributed by atoms with van der Waals surface area (Å²) in [5.74, 6) is -1.71. The number of aliphatic hydroxyl groups is 1. The second-order valence-electron chi connectivity index (χ2n) is 15.6. The van der Waals surface area contributed by atoms with Crippen molar-refractivity contribution in [3.63, 3.8) is 0 Å². The molecule has 13 heteroatoms. The van der Waals surface area contributed by atoms with E-state index in [4.69, 9.17) is 0 Å². The van der Waals surface area contributed by atoms with Crippen molar-refractivity contribution >= 4 is 35.6 Å². The molecule has 13 nitrogen and oxygen atoms in total. The number of nitrogens with one attached hydrogen (secondary N) is 4. The van der Waals surface area contributed by atoms with E-state index in [-0.39, 0.29) is 55.6 Å². The highest BCUT2D eigenvalue weighted by Crippen LogP contribution is 2.42. The number of rotatable bonds is 12. The van der Waals surface area contributed by atoms with Crippen molar-refractivity contribution in [1.82, 2.24) is 31.1 Å². The van der Waals surface area contributed by atoms with Gasteiger partial charge in [-0.25, -0.2) is 4.79 Å². The third-order valence-electron chi connectivity index (χ3n) is 9.96. The maximum absolute atomic E-state index is 13.7. The van der Waals surface area contributed by atoms with Crippen molar-refractivity contribution in [1.29, 1.82) is 0 Å². The molecule has 4 aliphatic rings. The first-order valence-electron chi connectivity index (χ1n) is 17.0. The number of urea groups is 1. The normalized spacial score (nSPS) is 26.2. The Kier molecular flexibility index (Phi) is 11.1. The SMILES string of the molecule is CCC[C@H](NC(=O)[C@@H]1[C@H]2CCC[C@H]2CN1C(=O)CNC(=O)N[C@H](CN1C(=O)CC(C)(C)CC1=O)C(C)(C)C)C(O)C(=O)NC1CC1. The number of hydrogen-bond acceptors (Lipinski definition) is 7. The molecule has 2 saturated carbocycles. The summed E-state index contributed by atoms with van der Waals surface area (Å²) in [4.78, 5) is 81.2. The van der Waals surface area contributed by atoms with Crippen LogP contribution in [-0.4, -0.2) is 100 Å². The summed E-state index contributed by atoms with van der Waals surface area (Å²) >= 11 is 0. The molecule has 1 unspecified atom stereocenters. The molecular weight excluding hydrogens is 592 g/mol. The van der Waals surface area contributed by atoms with E-state index in [0.29, 0.717) is 19.4 Å². The molecule has 2 heterocycles. The van der Waals surface area contributed by atoms with Gasteiger partial charge in [-0.2, -0.15) is 0 Å². The van der Waals surface area contributed by atoms with Crippen LogP contribution in [0, 0.1) is 22.7 Å². The highest BCUT2D eigenvalue weighted by molar-refractivity contribution is 5.98. The van der Waals surface area contributed by atoms with E-state index < -0.39 is 58.8 Å². The fourth-order valence-corrected chi connectivity index (χ4v) is 7.08. The van der Waals surface area contributed by atoms with Crippen LogP contribution in [0.5, 0.6) is 0 Å². The Morgan fingerprint density at radius 1 is 1.00 bits per heavy atom. The molecule has 4 rings (SSSR count). The molecule has 6 atom stereocenters. The van der Waals surface area contributed by atoms with Crippen LogP contribution >= 0.6 is 0 Å². The smallest absolute Gasteiger partial charge is 0.315 e. The van der Waals surface area contributed by atoms with Gasteiger partial charge in [-0.05, 0) is 54.8 Å². The fraction of sp³-hybridized carbons (Fsp3) is 0.818. The summed E-state index contributed by atoms with van der Waals surface area (Å²) in [6, 6.07) is -2.64. The van der Waals surface area contributed by atoms with Crippen molar-refractivity contribution in [2.45, 2.75) is 130 Å². The second kappa shape index (κ2) is 14.3. The first kappa shape index (κ1) is 35.6. The van der Waals surface area contributed by atoms with Crippen LogP contribution in [0.2, 0.25) is 0 Å². The monoisotopic (exact) mass is 646 g/mol. The standard InChI is InChI=1S/C33H54N6O7/c1-7-9-22(28(43)30(45)35-20-12-13-20)36-29(44)27-21-11-8-10-19(21)17-39(27)26(42)16-34-31(46)37-23(32(2,3)4)18-38-24(40)14-33(5,6)15-25(38)41/h19-23,27-28,43H,7-18H2,1-6H3,(H,35,45)(H,36,44)(H2,34,37,46)/t19-,21-,22-,23+,27-,28?/m0/s1.